The van der Waals surface area contributed by atoms with Gasteiger partial charge in [-0.3, -0.25) is 4.72 Å². The van der Waals surface area contributed by atoms with Crippen molar-refractivity contribution in [2.45, 2.75) is 49.6 Å². The van der Waals surface area contributed by atoms with Crippen LogP contribution in [-0.2, 0) is 10.0 Å². The number of aryl methyl sites for hydroxylation is 1. The van der Waals surface area contributed by atoms with Crippen molar-refractivity contribution in [3.63, 3.8) is 0 Å². The zero-order chi connectivity index (χ0) is 25.3. The minimum atomic E-state index is -3.74. The summed E-state index contributed by atoms with van der Waals surface area (Å²) < 4.78 is 28.1. The van der Waals surface area contributed by atoms with Crippen LogP contribution in [0.4, 0.5) is 11.6 Å². The summed E-state index contributed by atoms with van der Waals surface area (Å²) in [6.07, 6.45) is 5.95. The number of rotatable bonds is 6. The lowest BCUT2D eigenvalue weighted by molar-refractivity contribution is 0.410. The highest BCUT2D eigenvalue weighted by molar-refractivity contribution is 7.92. The Morgan fingerprint density at radius 3 is 2.56 bits per heavy atom. The number of halogens is 1. The summed E-state index contributed by atoms with van der Waals surface area (Å²) in [5, 5.41) is 4.75. The lowest BCUT2D eigenvalue weighted by atomic mass is 9.92. The quantitative estimate of drug-likeness (QED) is 0.298. The van der Waals surface area contributed by atoms with E-state index in [4.69, 9.17) is 22.3 Å². The molecule has 1 fully saturated rings. The molecular weight excluding hydrogens is 494 g/mol. The summed E-state index contributed by atoms with van der Waals surface area (Å²) in [7, 11) is -3.74. The molecule has 3 aromatic carbocycles. The van der Waals surface area contributed by atoms with Gasteiger partial charge in [0.05, 0.1) is 10.4 Å². The van der Waals surface area contributed by atoms with Crippen LogP contribution in [0.1, 0.15) is 31.2 Å². The Kier molecular flexibility index (Phi) is 6.83. The van der Waals surface area contributed by atoms with E-state index in [-0.39, 0.29) is 4.90 Å². The van der Waals surface area contributed by atoms with Crippen LogP contribution in [0.25, 0.3) is 22.0 Å². The van der Waals surface area contributed by atoms with Gasteiger partial charge < -0.3 is 11.1 Å². The number of nitrogens with one attached hydrogen (secondary N) is 2. The molecule has 0 atom stereocenters. The molecule has 9 heteroatoms. The second-order valence-electron chi connectivity index (χ2n) is 9.32. The lowest BCUT2D eigenvalue weighted by Crippen LogP contribution is -2.33. The number of hydrogen-bond donors (Lipinski definition) is 3. The Labute approximate surface area is 216 Å². The smallest absolute Gasteiger partial charge is 0.261 e. The third-order valence-electron chi connectivity index (χ3n) is 6.58. The van der Waals surface area contributed by atoms with E-state index in [1.165, 1.54) is 12.1 Å². The van der Waals surface area contributed by atoms with Crippen molar-refractivity contribution < 1.29 is 8.42 Å². The van der Waals surface area contributed by atoms with Crippen LogP contribution < -0.4 is 15.8 Å². The second kappa shape index (κ2) is 10.0. The summed E-state index contributed by atoms with van der Waals surface area (Å²) in [5.41, 5.74) is 10.3. The molecule has 4 N–H and O–H groups in total. The van der Waals surface area contributed by atoms with E-state index < -0.39 is 10.0 Å². The predicted octanol–water partition coefficient (Wildman–Crippen LogP) is 5.74. The minimum Gasteiger partial charge on any atom is -0.351 e. The fourth-order valence-electron chi connectivity index (χ4n) is 4.62. The van der Waals surface area contributed by atoms with Gasteiger partial charge in [0.15, 0.2) is 0 Å². The summed E-state index contributed by atoms with van der Waals surface area (Å²) >= 11 is 5.96. The molecule has 1 aliphatic rings. The average Bonchev–Trinajstić information content (AvgIpc) is 2.85. The topological polar surface area (TPSA) is 110 Å². The van der Waals surface area contributed by atoms with E-state index in [2.05, 4.69) is 21.1 Å². The van der Waals surface area contributed by atoms with Gasteiger partial charge in [-0.25, -0.2) is 18.4 Å². The molecule has 0 unspecified atom stereocenters. The van der Waals surface area contributed by atoms with Crippen LogP contribution in [0.3, 0.4) is 0 Å². The van der Waals surface area contributed by atoms with E-state index in [0.717, 1.165) is 53.3 Å². The van der Waals surface area contributed by atoms with Crippen molar-refractivity contribution in [1.29, 1.82) is 0 Å². The van der Waals surface area contributed by atoms with Gasteiger partial charge in [-0.15, -0.1) is 0 Å². The molecule has 4 aromatic rings. The average molecular weight is 522 g/mol. The maximum atomic E-state index is 12.7. The summed E-state index contributed by atoms with van der Waals surface area (Å²) in [6, 6.07) is 18.4. The first-order chi connectivity index (χ1) is 17.3. The highest BCUT2D eigenvalue weighted by Crippen LogP contribution is 2.30. The molecule has 0 aliphatic heterocycles. The molecule has 1 aliphatic carbocycles. The number of sulfonamides is 1. The van der Waals surface area contributed by atoms with Gasteiger partial charge >= 0.3 is 0 Å². The van der Waals surface area contributed by atoms with Gasteiger partial charge in [-0.1, -0.05) is 29.8 Å². The first-order valence-corrected chi connectivity index (χ1v) is 13.8. The molecule has 7 nitrogen and oxygen atoms in total. The predicted molar refractivity (Wildman–Crippen MR) is 146 cm³/mol. The Balaban J connectivity index is 1.34. The molecule has 186 valence electrons. The minimum absolute atomic E-state index is 0.118. The van der Waals surface area contributed by atoms with E-state index in [1.807, 2.05) is 37.4 Å². The van der Waals surface area contributed by atoms with Crippen LogP contribution in [0.5, 0.6) is 0 Å². The third kappa shape index (κ3) is 5.46. The summed E-state index contributed by atoms with van der Waals surface area (Å²) in [6.45, 7) is 1.95. The van der Waals surface area contributed by atoms with Crippen LogP contribution in [0, 0.1) is 6.92 Å². The molecule has 0 spiro atoms. The van der Waals surface area contributed by atoms with E-state index in [1.54, 1.807) is 18.2 Å². The number of fused-ring (bicyclic) bond motifs is 1. The first-order valence-electron chi connectivity index (χ1n) is 12.0. The molecule has 0 amide bonds. The normalized spacial score (nSPS) is 18.2. The standard InChI is InChI=1S/C27H28ClN5O2S/c1-17-13-23(33-36(34,35)24-4-2-3-20(28)15-24)10-11-25(17)18-5-12-26-19(14-18)16-30-27(32-26)31-22-8-6-21(29)7-9-22/h2-5,10-16,21-22,33H,6-9,29H2,1H3,(H,30,31,32). The maximum absolute atomic E-state index is 12.7. The monoisotopic (exact) mass is 521 g/mol. The van der Waals surface area contributed by atoms with Gasteiger partial charge in [0.1, 0.15) is 0 Å². The van der Waals surface area contributed by atoms with Crippen molar-refractivity contribution in [1.82, 2.24) is 9.97 Å². The molecule has 1 aromatic heterocycles. The van der Waals surface area contributed by atoms with Gasteiger partial charge in [0, 0.05) is 34.4 Å². The zero-order valence-corrected chi connectivity index (χ0v) is 21.5. The Hall–Kier alpha value is -3.20. The van der Waals surface area contributed by atoms with Crippen molar-refractivity contribution >= 4 is 44.2 Å². The van der Waals surface area contributed by atoms with Crippen molar-refractivity contribution in [2.75, 3.05) is 10.0 Å². The van der Waals surface area contributed by atoms with Gasteiger partial charge in [0.2, 0.25) is 5.95 Å². The molecule has 1 saturated carbocycles. The number of hydrogen-bond acceptors (Lipinski definition) is 6. The number of benzene rings is 3. The third-order valence-corrected chi connectivity index (χ3v) is 8.19. The highest BCUT2D eigenvalue weighted by atomic mass is 35.5. The Morgan fingerprint density at radius 1 is 1.00 bits per heavy atom. The van der Waals surface area contributed by atoms with Crippen LogP contribution >= 0.6 is 11.6 Å². The Bertz CT molecular complexity index is 1520. The van der Waals surface area contributed by atoms with Crippen LogP contribution in [0.15, 0.2) is 71.8 Å². The summed E-state index contributed by atoms with van der Waals surface area (Å²) in [5.74, 6) is 0.642. The van der Waals surface area contributed by atoms with E-state index in [9.17, 15) is 8.42 Å². The van der Waals surface area contributed by atoms with Gasteiger partial charge in [0.25, 0.3) is 10.0 Å². The van der Waals surface area contributed by atoms with E-state index >= 15 is 0 Å². The van der Waals surface area contributed by atoms with Crippen molar-refractivity contribution in [3.05, 3.63) is 77.4 Å². The highest BCUT2D eigenvalue weighted by Gasteiger charge is 2.19. The molecule has 36 heavy (non-hydrogen) atoms. The van der Waals surface area contributed by atoms with E-state index in [0.29, 0.717) is 28.7 Å². The molecule has 0 saturated heterocycles. The molecular formula is C27H28ClN5O2S. The van der Waals surface area contributed by atoms with Crippen LogP contribution in [0.2, 0.25) is 5.02 Å². The number of aromatic nitrogens is 2. The lowest BCUT2D eigenvalue weighted by Gasteiger charge is -2.26. The van der Waals surface area contributed by atoms with Crippen molar-refractivity contribution in [3.8, 4) is 11.1 Å². The number of nitrogens with zero attached hydrogens (tertiary/aromatic N) is 2. The maximum Gasteiger partial charge on any atom is 0.261 e. The zero-order valence-electron chi connectivity index (χ0n) is 19.9. The molecule has 1 heterocycles. The number of anilines is 2. The largest absolute Gasteiger partial charge is 0.351 e. The summed E-state index contributed by atoms with van der Waals surface area (Å²) in [4.78, 5) is 9.34. The second-order valence-corrected chi connectivity index (χ2v) is 11.4. The molecule has 5 rings (SSSR count). The fraction of sp³-hybridized carbons (Fsp3) is 0.259. The SMILES string of the molecule is Cc1cc(NS(=O)(=O)c2cccc(Cl)c2)ccc1-c1ccc2nc(NC3CCC(N)CC3)ncc2c1. The van der Waals surface area contributed by atoms with Gasteiger partial charge in [-0.2, -0.15) is 0 Å². The first kappa shape index (κ1) is 24.5. The van der Waals surface area contributed by atoms with Crippen LogP contribution in [-0.4, -0.2) is 30.5 Å². The number of nitrogens with two attached hydrogens (primary N) is 1. The molecule has 0 bridgehead atoms. The molecule has 0 radical (unpaired) electrons. The van der Waals surface area contributed by atoms with Crippen molar-refractivity contribution in [2.24, 2.45) is 5.73 Å². The van der Waals surface area contributed by atoms with Gasteiger partial charge in [-0.05, 0) is 91.8 Å². The Morgan fingerprint density at radius 2 is 1.81 bits per heavy atom. The fourth-order valence-corrected chi connectivity index (χ4v) is 5.97.